The molecule has 1 aromatic heterocycles. The van der Waals surface area contributed by atoms with Gasteiger partial charge in [0.25, 0.3) is 0 Å². The topological polar surface area (TPSA) is 31.4 Å². The van der Waals surface area contributed by atoms with E-state index in [1.807, 2.05) is 30.3 Å². The summed E-state index contributed by atoms with van der Waals surface area (Å²) in [4.78, 5) is 4.42. The molecule has 0 aliphatic heterocycles. The Morgan fingerprint density at radius 1 is 1.00 bits per heavy atom. The first kappa shape index (κ1) is 13.4. The van der Waals surface area contributed by atoms with E-state index < -0.39 is 0 Å². The van der Waals surface area contributed by atoms with Crippen LogP contribution in [0.1, 0.15) is 0 Å². The molecule has 1 aromatic carbocycles. The first-order valence-corrected chi connectivity index (χ1v) is 6.79. The molecule has 0 N–H and O–H groups in total. The van der Waals surface area contributed by atoms with Crippen LogP contribution in [0, 0.1) is 0 Å². The van der Waals surface area contributed by atoms with Gasteiger partial charge < -0.3 is 9.47 Å². The van der Waals surface area contributed by atoms with Crippen LogP contribution in [0.4, 0.5) is 0 Å². The Morgan fingerprint density at radius 3 is 2.39 bits per heavy atom. The summed E-state index contributed by atoms with van der Waals surface area (Å²) in [6.45, 7) is 0. The van der Waals surface area contributed by atoms with Crippen molar-refractivity contribution in [2.24, 2.45) is 0 Å². The van der Waals surface area contributed by atoms with E-state index in [1.54, 1.807) is 14.2 Å². The van der Waals surface area contributed by atoms with Gasteiger partial charge in [-0.15, -0.1) is 0 Å². The predicted octanol–water partition coefficient (Wildman–Crippen LogP) is 4.29. The second kappa shape index (κ2) is 5.71. The number of nitrogens with zero attached hydrogens (tertiary/aromatic N) is 1. The van der Waals surface area contributed by atoms with Crippen molar-refractivity contribution in [3.05, 3.63) is 39.4 Å². The summed E-state index contributed by atoms with van der Waals surface area (Å²) in [5, 5.41) is 0. The Labute approximate surface area is 122 Å². The molecule has 2 aromatic rings. The van der Waals surface area contributed by atoms with Crippen LogP contribution in [0.2, 0.25) is 0 Å². The molecule has 0 aliphatic rings. The van der Waals surface area contributed by atoms with Gasteiger partial charge in [-0.3, -0.25) is 0 Å². The minimum absolute atomic E-state index is 0.708. The molecule has 0 saturated carbocycles. The van der Waals surface area contributed by atoms with Crippen molar-refractivity contribution in [1.29, 1.82) is 0 Å². The summed E-state index contributed by atoms with van der Waals surface area (Å²) in [5.74, 6) is 1.44. The Balaban J connectivity index is 2.61. The summed E-state index contributed by atoms with van der Waals surface area (Å²) < 4.78 is 12.2. The van der Waals surface area contributed by atoms with Crippen molar-refractivity contribution in [1.82, 2.24) is 4.98 Å². The molecule has 3 nitrogen and oxygen atoms in total. The number of aromatic nitrogens is 1. The fourth-order valence-electron chi connectivity index (χ4n) is 1.66. The lowest BCUT2D eigenvalue weighted by molar-refractivity contribution is 0.390. The number of halogens is 2. The molecule has 5 heteroatoms. The van der Waals surface area contributed by atoms with E-state index >= 15 is 0 Å². The smallest absolute Gasteiger partial charge is 0.146 e. The lowest BCUT2D eigenvalue weighted by Crippen LogP contribution is -1.94. The van der Waals surface area contributed by atoms with Crippen LogP contribution in [0.15, 0.2) is 39.4 Å². The van der Waals surface area contributed by atoms with Crippen LogP contribution in [0.3, 0.4) is 0 Å². The molecule has 0 spiro atoms. The van der Waals surface area contributed by atoms with E-state index in [1.165, 1.54) is 0 Å². The van der Waals surface area contributed by atoms with E-state index in [0.29, 0.717) is 5.75 Å². The molecule has 0 fully saturated rings. The van der Waals surface area contributed by atoms with Crippen LogP contribution in [0.5, 0.6) is 11.5 Å². The molecule has 0 amide bonds. The number of pyridine rings is 1. The largest absolute Gasteiger partial charge is 0.495 e. The molecule has 18 heavy (non-hydrogen) atoms. The van der Waals surface area contributed by atoms with Gasteiger partial charge in [0.05, 0.1) is 19.9 Å². The first-order chi connectivity index (χ1) is 8.67. The van der Waals surface area contributed by atoms with Crippen LogP contribution in [-0.2, 0) is 0 Å². The van der Waals surface area contributed by atoms with Gasteiger partial charge in [0.2, 0.25) is 0 Å². The van der Waals surface area contributed by atoms with Crippen LogP contribution < -0.4 is 9.47 Å². The quantitative estimate of drug-likeness (QED) is 0.753. The van der Waals surface area contributed by atoms with Gasteiger partial charge in [0.1, 0.15) is 20.6 Å². The van der Waals surface area contributed by atoms with Gasteiger partial charge in [-0.1, -0.05) is 6.07 Å². The van der Waals surface area contributed by atoms with E-state index in [-0.39, 0.29) is 0 Å². The molecular weight excluding hydrogens is 362 g/mol. The van der Waals surface area contributed by atoms with Gasteiger partial charge in [-0.2, -0.15) is 0 Å². The highest BCUT2D eigenvalue weighted by Gasteiger charge is 2.14. The molecule has 1 heterocycles. The van der Waals surface area contributed by atoms with Gasteiger partial charge in [0.15, 0.2) is 0 Å². The number of hydrogen-bond acceptors (Lipinski definition) is 3. The van der Waals surface area contributed by atoms with Gasteiger partial charge in [-0.05, 0) is 56.1 Å². The van der Waals surface area contributed by atoms with Gasteiger partial charge in [0, 0.05) is 5.56 Å². The zero-order chi connectivity index (χ0) is 13.1. The summed E-state index contributed by atoms with van der Waals surface area (Å²) in [6.07, 6.45) is 0. The Hall–Kier alpha value is -1.07. The van der Waals surface area contributed by atoms with Crippen molar-refractivity contribution in [3.63, 3.8) is 0 Å². The zero-order valence-corrected chi connectivity index (χ0v) is 13.1. The SMILES string of the molecule is COc1ccc(-c2cccc(Br)n2)c(OC)c1Br. The average molecular weight is 373 g/mol. The van der Waals surface area contributed by atoms with Gasteiger partial charge in [-0.25, -0.2) is 4.98 Å². The minimum atomic E-state index is 0.708. The highest BCUT2D eigenvalue weighted by Crippen LogP contribution is 2.41. The number of rotatable bonds is 3. The van der Waals surface area contributed by atoms with Gasteiger partial charge >= 0.3 is 0 Å². The second-order valence-electron chi connectivity index (χ2n) is 3.51. The Morgan fingerprint density at radius 2 is 1.78 bits per heavy atom. The summed E-state index contributed by atoms with van der Waals surface area (Å²) >= 11 is 6.84. The van der Waals surface area contributed by atoms with Crippen molar-refractivity contribution in [2.75, 3.05) is 14.2 Å². The normalized spacial score (nSPS) is 10.2. The fourth-order valence-corrected chi connectivity index (χ4v) is 2.67. The number of hydrogen-bond donors (Lipinski definition) is 0. The van der Waals surface area contributed by atoms with E-state index in [0.717, 1.165) is 26.1 Å². The third kappa shape index (κ3) is 2.52. The van der Waals surface area contributed by atoms with Crippen molar-refractivity contribution in [3.8, 4) is 22.8 Å². The standard InChI is InChI=1S/C13H11Br2NO2/c1-17-10-7-6-8(13(18-2)12(10)15)9-4-3-5-11(14)16-9/h3-7H,1-2H3. The maximum Gasteiger partial charge on any atom is 0.146 e. The maximum atomic E-state index is 5.43. The molecule has 0 unspecified atom stereocenters. The Bertz CT molecular complexity index is 573. The first-order valence-electron chi connectivity index (χ1n) is 5.20. The highest BCUT2D eigenvalue weighted by atomic mass is 79.9. The summed E-state index contributed by atoms with van der Waals surface area (Å²) in [5.41, 5.74) is 1.75. The molecule has 94 valence electrons. The molecule has 2 rings (SSSR count). The molecular formula is C13H11Br2NO2. The number of methoxy groups -OCH3 is 2. The highest BCUT2D eigenvalue weighted by molar-refractivity contribution is 9.10. The van der Waals surface area contributed by atoms with Crippen molar-refractivity contribution in [2.45, 2.75) is 0 Å². The van der Waals surface area contributed by atoms with Crippen LogP contribution in [-0.4, -0.2) is 19.2 Å². The summed E-state index contributed by atoms with van der Waals surface area (Å²) in [6, 6.07) is 9.56. The summed E-state index contributed by atoms with van der Waals surface area (Å²) in [7, 11) is 3.25. The Kier molecular flexibility index (Phi) is 4.24. The van der Waals surface area contributed by atoms with Crippen LogP contribution >= 0.6 is 31.9 Å². The second-order valence-corrected chi connectivity index (χ2v) is 5.11. The van der Waals surface area contributed by atoms with Crippen molar-refractivity contribution < 1.29 is 9.47 Å². The monoisotopic (exact) mass is 371 g/mol. The molecule has 0 saturated heterocycles. The molecule has 0 aliphatic carbocycles. The third-order valence-electron chi connectivity index (χ3n) is 2.48. The lowest BCUT2D eigenvalue weighted by atomic mass is 10.1. The minimum Gasteiger partial charge on any atom is -0.495 e. The zero-order valence-electron chi connectivity index (χ0n) is 9.91. The molecule has 0 bridgehead atoms. The number of ether oxygens (including phenoxy) is 2. The average Bonchev–Trinajstić information content (AvgIpc) is 2.38. The third-order valence-corrected chi connectivity index (χ3v) is 3.67. The molecule has 0 atom stereocenters. The lowest BCUT2D eigenvalue weighted by Gasteiger charge is -2.13. The molecule has 0 radical (unpaired) electrons. The van der Waals surface area contributed by atoms with E-state index in [4.69, 9.17) is 9.47 Å². The van der Waals surface area contributed by atoms with Crippen LogP contribution in [0.25, 0.3) is 11.3 Å². The maximum absolute atomic E-state index is 5.43. The van der Waals surface area contributed by atoms with E-state index in [9.17, 15) is 0 Å². The predicted molar refractivity (Wildman–Crippen MR) is 78.2 cm³/mol. The van der Waals surface area contributed by atoms with E-state index in [2.05, 4.69) is 36.8 Å². The van der Waals surface area contributed by atoms with Crippen molar-refractivity contribution >= 4 is 31.9 Å². The fraction of sp³-hybridized carbons (Fsp3) is 0.154. The number of benzene rings is 1.